The molecule has 3 nitrogen and oxygen atoms in total. The monoisotopic (exact) mass is 848 g/mol. The first-order valence-electron chi connectivity index (χ1n) is 23.1. The van der Waals surface area contributed by atoms with Crippen molar-refractivity contribution in [2.24, 2.45) is 0 Å². The van der Waals surface area contributed by atoms with Gasteiger partial charge in [0.15, 0.2) is 0 Å². The van der Waals surface area contributed by atoms with Crippen molar-refractivity contribution in [3.63, 3.8) is 0 Å². The van der Waals surface area contributed by atoms with Gasteiger partial charge in [0.1, 0.15) is 11.2 Å². The lowest BCUT2D eigenvalue weighted by molar-refractivity contribution is 0.590. The molecule has 7 aromatic carbocycles. The summed E-state index contributed by atoms with van der Waals surface area (Å²) in [5.41, 5.74) is 21.6. The molecule has 0 N–H and O–H groups in total. The molecule has 0 radical (unpaired) electrons. The number of aromatic nitrogens is 1. The number of anilines is 2. The molecule has 0 fully saturated rings. The molecule has 0 saturated carbocycles. The van der Waals surface area contributed by atoms with Crippen molar-refractivity contribution in [1.29, 1.82) is 0 Å². The summed E-state index contributed by atoms with van der Waals surface area (Å²) in [5, 5.41) is 6.39. The van der Waals surface area contributed by atoms with Gasteiger partial charge in [-0.25, -0.2) is 0 Å². The van der Waals surface area contributed by atoms with Gasteiger partial charge in [-0.2, -0.15) is 0 Å². The molecule has 0 bridgehead atoms. The van der Waals surface area contributed by atoms with Gasteiger partial charge in [0.25, 0.3) is 0 Å². The summed E-state index contributed by atoms with van der Waals surface area (Å²) in [6.07, 6.45) is 0. The lowest BCUT2D eigenvalue weighted by atomic mass is 9.46. The lowest BCUT2D eigenvalue weighted by Crippen LogP contribution is -2.59. The van der Waals surface area contributed by atoms with E-state index in [4.69, 9.17) is 4.42 Å². The lowest BCUT2D eigenvalue weighted by Gasteiger charge is -2.42. The van der Waals surface area contributed by atoms with Gasteiger partial charge in [-0.3, -0.25) is 0 Å². The molecule has 13 rings (SSSR count). The largest absolute Gasteiger partial charge is 0.456 e. The van der Waals surface area contributed by atoms with Crippen LogP contribution in [0.1, 0.15) is 104 Å². The Balaban J connectivity index is 1.29. The van der Waals surface area contributed by atoms with Crippen molar-refractivity contribution in [3.8, 4) is 27.9 Å². The number of fused-ring (bicyclic) bond motifs is 18. The highest BCUT2D eigenvalue weighted by atomic mass is 32.1. The molecule has 1 aliphatic carbocycles. The molecule has 0 unspecified atom stereocenters. The number of para-hydroxylation sites is 1. The van der Waals surface area contributed by atoms with E-state index in [-0.39, 0.29) is 28.5 Å². The fraction of sp³-hybridized carbons (Fsp3) is 0.254. The number of hydrogen-bond acceptors (Lipinski definition) is 3. The van der Waals surface area contributed by atoms with Crippen molar-refractivity contribution < 1.29 is 4.42 Å². The number of benzene rings is 7. The predicted molar refractivity (Wildman–Crippen MR) is 276 cm³/mol. The van der Waals surface area contributed by atoms with Gasteiger partial charge in [0.2, 0.25) is 0 Å². The number of thiophene rings is 1. The average Bonchev–Trinajstić information content (AvgIpc) is 3.97. The van der Waals surface area contributed by atoms with E-state index in [2.05, 4.69) is 207 Å². The number of hydrogen-bond donors (Lipinski definition) is 0. The first kappa shape index (κ1) is 38.4. The van der Waals surface area contributed by atoms with Crippen LogP contribution in [-0.4, -0.2) is 11.4 Å². The SMILES string of the molecule is CC(C)(C)c1ccc(N2B3c4sc5ccc(C(C)(C)C)cc5c4-n4c5ccc(C(C)(C)C)cc5c5c6c(c(c3c54)-c3cc4oc5ccccc5c4cc32)-c2ccccc2C6(C)C)cc1. The number of nitrogens with zero attached hydrogens (tertiary/aromatic N) is 2. The summed E-state index contributed by atoms with van der Waals surface area (Å²) in [5.74, 6) is 0. The van der Waals surface area contributed by atoms with E-state index in [0.29, 0.717) is 0 Å². The third kappa shape index (κ3) is 4.89. The van der Waals surface area contributed by atoms with Gasteiger partial charge in [-0.15, -0.1) is 11.3 Å². The smallest absolute Gasteiger partial charge is 0.343 e. The average molecular weight is 849 g/mol. The van der Waals surface area contributed by atoms with Crippen LogP contribution < -0.4 is 15.1 Å². The fourth-order valence-corrected chi connectivity index (χ4v) is 13.2. The summed E-state index contributed by atoms with van der Waals surface area (Å²) < 4.78 is 12.3. The van der Waals surface area contributed by atoms with Crippen LogP contribution in [0.2, 0.25) is 0 Å². The van der Waals surface area contributed by atoms with Crippen molar-refractivity contribution in [2.45, 2.75) is 97.8 Å². The second-order valence-corrected chi connectivity index (χ2v) is 23.6. The summed E-state index contributed by atoms with van der Waals surface area (Å²) in [7, 11) is 0. The minimum absolute atomic E-state index is 0.00157. The summed E-state index contributed by atoms with van der Waals surface area (Å²) in [6, 6.07) is 46.9. The van der Waals surface area contributed by atoms with Crippen molar-refractivity contribution >= 4 is 93.6 Å². The topological polar surface area (TPSA) is 21.3 Å². The molecule has 5 heterocycles. The Morgan fingerprint density at radius 1 is 0.578 bits per heavy atom. The van der Waals surface area contributed by atoms with Gasteiger partial charge in [0.05, 0.1) is 16.7 Å². The van der Waals surface area contributed by atoms with Crippen LogP contribution in [0.15, 0.2) is 126 Å². The van der Waals surface area contributed by atoms with Crippen LogP contribution in [-0.2, 0) is 21.7 Å². The van der Waals surface area contributed by atoms with Crippen LogP contribution in [0, 0.1) is 0 Å². The van der Waals surface area contributed by atoms with E-state index in [9.17, 15) is 0 Å². The third-order valence-corrected chi connectivity index (χ3v) is 16.4. The molecular formula is C59H53BN2OS. The van der Waals surface area contributed by atoms with E-state index in [1.165, 1.54) is 109 Å². The Bertz CT molecular complexity index is 3700. The highest BCUT2D eigenvalue weighted by molar-refractivity contribution is 7.32. The van der Waals surface area contributed by atoms with Gasteiger partial charge in [-0.05, 0) is 121 Å². The van der Waals surface area contributed by atoms with Crippen LogP contribution in [0.25, 0.3) is 81.8 Å². The molecule has 2 aliphatic heterocycles. The Morgan fingerprint density at radius 2 is 1.23 bits per heavy atom. The maximum atomic E-state index is 6.82. The molecule has 0 amide bonds. The molecule has 0 atom stereocenters. The van der Waals surface area contributed by atoms with E-state index >= 15 is 0 Å². The van der Waals surface area contributed by atoms with Crippen LogP contribution >= 0.6 is 11.3 Å². The quantitative estimate of drug-likeness (QED) is 0.154. The highest BCUT2D eigenvalue weighted by Crippen LogP contribution is 2.60. The molecule has 64 heavy (non-hydrogen) atoms. The zero-order valence-corrected chi connectivity index (χ0v) is 39.7. The second kappa shape index (κ2) is 12.2. The van der Waals surface area contributed by atoms with Gasteiger partial charge in [0, 0.05) is 58.8 Å². The van der Waals surface area contributed by atoms with Gasteiger partial charge >= 0.3 is 6.85 Å². The standard InChI is InChI=1S/C59H53BN2OS/c1-56(2,3)32-20-24-35(25-21-32)62-44-30-38-36-16-13-15-19-45(36)63-46(38)31-40(44)49-48-37-17-12-14-18-42(37)59(10,11)51(48)50-39-28-33(57(4,5)6)22-26-43(39)61-53-41-29-34(58(7,8)9)23-27-47(41)64-55(53)60(62)52(49)54(50)61/h12-31H,1-11H3. The van der Waals surface area contributed by atoms with Crippen LogP contribution in [0.3, 0.4) is 0 Å². The van der Waals surface area contributed by atoms with Crippen molar-refractivity contribution in [2.75, 3.05) is 4.81 Å². The van der Waals surface area contributed by atoms with E-state index in [0.717, 1.165) is 21.9 Å². The molecule has 0 spiro atoms. The van der Waals surface area contributed by atoms with Crippen molar-refractivity contribution in [1.82, 2.24) is 4.57 Å². The zero-order valence-electron chi connectivity index (χ0n) is 38.8. The third-order valence-electron chi connectivity index (χ3n) is 15.2. The summed E-state index contributed by atoms with van der Waals surface area (Å²) in [6.45, 7) is 25.9. The molecule has 0 saturated heterocycles. The van der Waals surface area contributed by atoms with Crippen LogP contribution in [0.5, 0.6) is 0 Å². The van der Waals surface area contributed by atoms with E-state index < -0.39 is 0 Å². The van der Waals surface area contributed by atoms with Gasteiger partial charge < -0.3 is 13.8 Å². The van der Waals surface area contributed by atoms with E-state index in [1.807, 2.05) is 11.3 Å². The molecule has 10 aromatic rings. The Kier molecular flexibility index (Phi) is 7.32. The second-order valence-electron chi connectivity index (χ2n) is 22.6. The Morgan fingerprint density at radius 3 is 1.97 bits per heavy atom. The molecule has 5 heteroatoms. The molecular weight excluding hydrogens is 796 g/mol. The van der Waals surface area contributed by atoms with Crippen molar-refractivity contribution in [3.05, 3.63) is 149 Å². The summed E-state index contributed by atoms with van der Waals surface area (Å²) in [4.78, 5) is 2.71. The maximum Gasteiger partial charge on any atom is 0.343 e. The minimum atomic E-state index is -0.257. The van der Waals surface area contributed by atoms with Gasteiger partial charge in [-0.1, -0.05) is 143 Å². The minimum Gasteiger partial charge on any atom is -0.456 e. The maximum absolute atomic E-state index is 6.82. The van der Waals surface area contributed by atoms with E-state index in [1.54, 1.807) is 0 Å². The summed E-state index contributed by atoms with van der Waals surface area (Å²) >= 11 is 1.99. The normalized spacial score (nSPS) is 15.2. The molecule has 3 aliphatic rings. The first-order chi connectivity index (χ1) is 30.4. The van der Waals surface area contributed by atoms with Crippen LogP contribution in [0.4, 0.5) is 11.4 Å². The fourth-order valence-electron chi connectivity index (χ4n) is 11.9. The number of rotatable bonds is 1. The number of furan rings is 1. The highest BCUT2D eigenvalue weighted by Gasteiger charge is 2.51. The Hall–Kier alpha value is -6.04. The molecule has 314 valence electrons. The predicted octanol–water partition coefficient (Wildman–Crippen LogP) is 15.3. The Labute approximate surface area is 380 Å². The zero-order chi connectivity index (χ0) is 44.1. The molecule has 3 aromatic heterocycles. The first-order valence-corrected chi connectivity index (χ1v) is 23.9.